The van der Waals surface area contributed by atoms with Crippen LogP contribution in [0.1, 0.15) is 52.7 Å². The summed E-state index contributed by atoms with van der Waals surface area (Å²) in [5.41, 5.74) is 8.07. The van der Waals surface area contributed by atoms with Crippen LogP contribution < -0.4 is 5.73 Å². The van der Waals surface area contributed by atoms with E-state index in [-0.39, 0.29) is 17.3 Å². The molecule has 0 spiro atoms. The molecule has 0 heterocycles. The van der Waals surface area contributed by atoms with Crippen LogP contribution in [0.3, 0.4) is 0 Å². The van der Waals surface area contributed by atoms with Crippen molar-refractivity contribution in [2.75, 3.05) is 13.2 Å². The van der Waals surface area contributed by atoms with E-state index in [0.717, 1.165) is 6.42 Å². The van der Waals surface area contributed by atoms with E-state index in [2.05, 4.69) is 45.0 Å². The smallest absolute Gasteiger partial charge is 0.311 e. The maximum atomic E-state index is 11.8. The summed E-state index contributed by atoms with van der Waals surface area (Å²) in [6, 6.07) is 8.64. The second-order valence-electron chi connectivity index (χ2n) is 8.10. The highest BCUT2D eigenvalue weighted by atomic mass is 16.5. The highest BCUT2D eigenvalue weighted by Gasteiger charge is 2.24. The molecule has 1 aromatic rings. The number of hydrogen-bond acceptors (Lipinski definition) is 3. The fourth-order valence-corrected chi connectivity index (χ4v) is 2.09. The molecule has 0 saturated heterocycles. The van der Waals surface area contributed by atoms with Crippen LogP contribution in [-0.2, 0) is 21.4 Å². The lowest BCUT2D eigenvalue weighted by Crippen LogP contribution is -2.29. The third-order valence-corrected chi connectivity index (χ3v) is 3.74. The van der Waals surface area contributed by atoms with Crippen molar-refractivity contribution in [1.29, 1.82) is 0 Å². The molecule has 3 nitrogen and oxygen atoms in total. The first-order valence-corrected chi connectivity index (χ1v) is 8.00. The standard InChI is InChI=1S/C19H31NO2/c1-18(2,3)16-9-7-14(8-10-16)11-15(12-20)13-22-17(21)19(4,5)6/h7-10,15H,11-13,20H2,1-6H3/t15-/m1/s1. The molecule has 0 aliphatic carbocycles. The zero-order chi connectivity index (χ0) is 17.0. The maximum absolute atomic E-state index is 11.8. The first-order valence-electron chi connectivity index (χ1n) is 8.00. The van der Waals surface area contributed by atoms with Gasteiger partial charge in [-0.3, -0.25) is 4.79 Å². The van der Waals surface area contributed by atoms with Crippen molar-refractivity contribution in [1.82, 2.24) is 0 Å². The van der Waals surface area contributed by atoms with Crippen LogP contribution in [0.5, 0.6) is 0 Å². The van der Waals surface area contributed by atoms with Crippen molar-refractivity contribution >= 4 is 5.97 Å². The average molecular weight is 305 g/mol. The quantitative estimate of drug-likeness (QED) is 0.844. The molecule has 0 amide bonds. The Balaban J connectivity index is 2.61. The Hall–Kier alpha value is -1.35. The highest BCUT2D eigenvalue weighted by Crippen LogP contribution is 2.23. The summed E-state index contributed by atoms with van der Waals surface area (Å²) >= 11 is 0. The monoisotopic (exact) mass is 305 g/mol. The third kappa shape index (κ3) is 5.80. The molecular weight excluding hydrogens is 274 g/mol. The van der Waals surface area contributed by atoms with E-state index in [4.69, 9.17) is 10.5 Å². The molecule has 0 aromatic heterocycles. The van der Waals surface area contributed by atoms with Gasteiger partial charge in [0.15, 0.2) is 0 Å². The van der Waals surface area contributed by atoms with Gasteiger partial charge in [-0.25, -0.2) is 0 Å². The normalized spacial score (nSPS) is 13.8. The molecule has 0 saturated carbocycles. The van der Waals surface area contributed by atoms with Gasteiger partial charge in [-0.1, -0.05) is 45.0 Å². The minimum absolute atomic E-state index is 0.159. The van der Waals surface area contributed by atoms with Crippen LogP contribution in [-0.4, -0.2) is 19.1 Å². The van der Waals surface area contributed by atoms with E-state index in [1.54, 1.807) is 0 Å². The molecule has 0 unspecified atom stereocenters. The molecule has 1 aromatic carbocycles. The lowest BCUT2D eigenvalue weighted by Gasteiger charge is -2.21. The Morgan fingerprint density at radius 2 is 1.64 bits per heavy atom. The van der Waals surface area contributed by atoms with Gasteiger partial charge in [0.05, 0.1) is 12.0 Å². The summed E-state index contributed by atoms with van der Waals surface area (Å²) in [6.45, 7) is 13.1. The molecule has 1 atom stereocenters. The summed E-state index contributed by atoms with van der Waals surface area (Å²) in [4.78, 5) is 11.8. The summed E-state index contributed by atoms with van der Waals surface area (Å²) in [6.07, 6.45) is 0.832. The van der Waals surface area contributed by atoms with E-state index >= 15 is 0 Å². The van der Waals surface area contributed by atoms with Crippen molar-refractivity contribution in [3.8, 4) is 0 Å². The number of rotatable bonds is 5. The molecule has 0 bridgehead atoms. The topological polar surface area (TPSA) is 52.3 Å². The van der Waals surface area contributed by atoms with Crippen LogP contribution in [0.15, 0.2) is 24.3 Å². The van der Waals surface area contributed by atoms with Gasteiger partial charge in [0, 0.05) is 5.92 Å². The summed E-state index contributed by atoms with van der Waals surface area (Å²) in [5.74, 6) is -0.0131. The molecule has 0 aliphatic rings. The number of benzene rings is 1. The van der Waals surface area contributed by atoms with Crippen molar-refractivity contribution in [3.05, 3.63) is 35.4 Å². The van der Waals surface area contributed by atoms with E-state index in [1.807, 2.05) is 20.8 Å². The van der Waals surface area contributed by atoms with Gasteiger partial charge >= 0.3 is 5.97 Å². The zero-order valence-corrected chi connectivity index (χ0v) is 14.9. The van der Waals surface area contributed by atoms with Gasteiger partial charge in [-0.15, -0.1) is 0 Å². The lowest BCUT2D eigenvalue weighted by molar-refractivity contribution is -0.154. The predicted octanol–water partition coefficient (Wildman–Crippen LogP) is 3.69. The molecule has 1 rings (SSSR count). The zero-order valence-electron chi connectivity index (χ0n) is 14.9. The minimum atomic E-state index is -0.465. The van der Waals surface area contributed by atoms with E-state index in [1.165, 1.54) is 11.1 Å². The number of carbonyl (C=O) groups is 1. The maximum Gasteiger partial charge on any atom is 0.311 e. The van der Waals surface area contributed by atoms with Gasteiger partial charge in [-0.05, 0) is 50.3 Å². The predicted molar refractivity (Wildman–Crippen MR) is 91.8 cm³/mol. The van der Waals surface area contributed by atoms with Crippen molar-refractivity contribution in [2.45, 2.75) is 53.4 Å². The Bertz CT molecular complexity index is 478. The number of carbonyl (C=O) groups excluding carboxylic acids is 1. The van der Waals surface area contributed by atoms with E-state index < -0.39 is 5.41 Å². The van der Waals surface area contributed by atoms with Gasteiger partial charge in [-0.2, -0.15) is 0 Å². The second kappa shape index (κ2) is 7.28. The van der Waals surface area contributed by atoms with Crippen molar-refractivity contribution in [2.24, 2.45) is 17.1 Å². The van der Waals surface area contributed by atoms with Crippen LogP contribution in [0, 0.1) is 11.3 Å². The van der Waals surface area contributed by atoms with Crippen LogP contribution in [0.4, 0.5) is 0 Å². The molecule has 2 N–H and O–H groups in total. The Kier molecular flexibility index (Phi) is 6.18. The molecule has 0 fully saturated rings. The van der Waals surface area contributed by atoms with Crippen LogP contribution in [0.2, 0.25) is 0 Å². The van der Waals surface area contributed by atoms with Gasteiger partial charge in [0.2, 0.25) is 0 Å². The number of hydrogen-bond donors (Lipinski definition) is 1. The van der Waals surface area contributed by atoms with Gasteiger partial charge in [0.1, 0.15) is 0 Å². The van der Waals surface area contributed by atoms with Crippen LogP contribution >= 0.6 is 0 Å². The van der Waals surface area contributed by atoms with Crippen molar-refractivity contribution in [3.63, 3.8) is 0 Å². The molecule has 0 radical (unpaired) electrons. The summed E-state index contributed by atoms with van der Waals surface area (Å²) in [5, 5.41) is 0. The molecular formula is C19H31NO2. The summed E-state index contributed by atoms with van der Waals surface area (Å²) < 4.78 is 5.39. The largest absolute Gasteiger partial charge is 0.465 e. The first-order chi connectivity index (χ1) is 10.0. The van der Waals surface area contributed by atoms with E-state index in [0.29, 0.717) is 13.2 Å². The Morgan fingerprint density at radius 1 is 1.09 bits per heavy atom. The Morgan fingerprint density at radius 3 is 2.05 bits per heavy atom. The molecule has 3 heteroatoms. The average Bonchev–Trinajstić information content (AvgIpc) is 2.41. The third-order valence-electron chi connectivity index (χ3n) is 3.74. The van der Waals surface area contributed by atoms with Crippen molar-refractivity contribution < 1.29 is 9.53 Å². The van der Waals surface area contributed by atoms with Gasteiger partial charge < -0.3 is 10.5 Å². The number of ether oxygens (including phenoxy) is 1. The first kappa shape index (κ1) is 18.7. The second-order valence-corrected chi connectivity index (χ2v) is 8.10. The fraction of sp³-hybridized carbons (Fsp3) is 0.632. The molecule has 0 aliphatic heterocycles. The van der Waals surface area contributed by atoms with Crippen LogP contribution in [0.25, 0.3) is 0 Å². The van der Waals surface area contributed by atoms with Gasteiger partial charge in [0.25, 0.3) is 0 Å². The van der Waals surface area contributed by atoms with E-state index in [9.17, 15) is 4.79 Å². The summed E-state index contributed by atoms with van der Waals surface area (Å²) in [7, 11) is 0. The highest BCUT2D eigenvalue weighted by molar-refractivity contribution is 5.75. The SMILES string of the molecule is CC(C)(C)C(=O)OC[C@@H](CN)Cc1ccc(C(C)(C)C)cc1. The number of esters is 1. The number of nitrogens with two attached hydrogens (primary N) is 1. The molecule has 124 valence electrons. The minimum Gasteiger partial charge on any atom is -0.465 e. The molecule has 22 heavy (non-hydrogen) atoms. The fourth-order valence-electron chi connectivity index (χ4n) is 2.09. The lowest BCUT2D eigenvalue weighted by atomic mass is 9.86. The Labute approximate surface area is 135 Å².